The minimum Gasteiger partial charge on any atom is -0.392 e. The van der Waals surface area contributed by atoms with Gasteiger partial charge in [-0.05, 0) is 36.9 Å². The van der Waals surface area contributed by atoms with Gasteiger partial charge in [-0.15, -0.1) is 0 Å². The topological polar surface area (TPSA) is 32.3 Å². The van der Waals surface area contributed by atoms with Crippen molar-refractivity contribution in [3.05, 3.63) is 71.8 Å². The summed E-state index contributed by atoms with van der Waals surface area (Å²) in [7, 11) is 0. The van der Waals surface area contributed by atoms with E-state index in [2.05, 4.69) is 41.7 Å². The van der Waals surface area contributed by atoms with Crippen LogP contribution in [-0.4, -0.2) is 23.8 Å². The molecule has 0 aliphatic carbocycles. The standard InChI is InChI=1S/C19H23NO/c21-18(14-15-8-3-1-4-9-15)19(17-12-7-13-20-17)16-10-5-2-6-11-16/h1-6,8-11,17-21H,7,12-14H2. The van der Waals surface area contributed by atoms with E-state index in [9.17, 15) is 5.11 Å². The second-order valence-corrected chi connectivity index (χ2v) is 5.90. The van der Waals surface area contributed by atoms with Gasteiger partial charge in [-0.25, -0.2) is 0 Å². The average Bonchev–Trinajstić information content (AvgIpc) is 3.03. The van der Waals surface area contributed by atoms with Gasteiger partial charge in [0.15, 0.2) is 0 Å². The lowest BCUT2D eigenvalue weighted by atomic mass is 9.83. The highest BCUT2D eigenvalue weighted by molar-refractivity contribution is 5.25. The first kappa shape index (κ1) is 14.3. The van der Waals surface area contributed by atoms with Crippen molar-refractivity contribution in [2.75, 3.05) is 6.54 Å². The maximum atomic E-state index is 10.8. The van der Waals surface area contributed by atoms with Gasteiger partial charge in [0, 0.05) is 12.0 Å². The number of rotatable bonds is 5. The molecule has 0 bridgehead atoms. The van der Waals surface area contributed by atoms with Gasteiger partial charge in [-0.1, -0.05) is 60.7 Å². The molecule has 2 N–H and O–H groups in total. The maximum Gasteiger partial charge on any atom is 0.0663 e. The van der Waals surface area contributed by atoms with Crippen LogP contribution in [0.2, 0.25) is 0 Å². The van der Waals surface area contributed by atoms with Crippen molar-refractivity contribution >= 4 is 0 Å². The van der Waals surface area contributed by atoms with Crippen LogP contribution in [0.3, 0.4) is 0 Å². The molecule has 1 aliphatic rings. The molecule has 3 unspecified atom stereocenters. The Kier molecular flexibility index (Phi) is 4.69. The number of aliphatic hydroxyl groups excluding tert-OH is 1. The molecule has 0 amide bonds. The third kappa shape index (κ3) is 3.52. The van der Waals surface area contributed by atoms with Crippen LogP contribution >= 0.6 is 0 Å². The molecule has 1 fully saturated rings. The fourth-order valence-corrected chi connectivity index (χ4v) is 3.40. The first-order valence-electron chi connectivity index (χ1n) is 7.85. The summed E-state index contributed by atoms with van der Waals surface area (Å²) in [4.78, 5) is 0. The SMILES string of the molecule is OC(Cc1ccccc1)C(c1ccccc1)C1CCCN1. The summed E-state index contributed by atoms with van der Waals surface area (Å²) in [5.41, 5.74) is 2.43. The molecule has 21 heavy (non-hydrogen) atoms. The zero-order valence-electron chi connectivity index (χ0n) is 12.3. The maximum absolute atomic E-state index is 10.8. The molecule has 0 spiro atoms. The highest BCUT2D eigenvalue weighted by Crippen LogP contribution is 2.30. The van der Waals surface area contributed by atoms with E-state index in [1.165, 1.54) is 17.5 Å². The molecule has 1 aliphatic heterocycles. The fraction of sp³-hybridized carbons (Fsp3) is 0.368. The van der Waals surface area contributed by atoms with Crippen molar-refractivity contribution in [3.63, 3.8) is 0 Å². The van der Waals surface area contributed by atoms with Crippen molar-refractivity contribution in [1.82, 2.24) is 5.32 Å². The molecule has 2 aromatic rings. The Bertz CT molecular complexity index is 534. The first-order chi connectivity index (χ1) is 10.3. The third-order valence-electron chi connectivity index (χ3n) is 4.42. The van der Waals surface area contributed by atoms with Crippen molar-refractivity contribution in [2.45, 2.75) is 37.3 Å². The number of hydrogen-bond acceptors (Lipinski definition) is 2. The average molecular weight is 281 g/mol. The summed E-state index contributed by atoms with van der Waals surface area (Å²) >= 11 is 0. The van der Waals surface area contributed by atoms with E-state index in [0.717, 1.165) is 13.0 Å². The van der Waals surface area contributed by atoms with Gasteiger partial charge < -0.3 is 10.4 Å². The van der Waals surface area contributed by atoms with Gasteiger partial charge in [0.1, 0.15) is 0 Å². The van der Waals surface area contributed by atoms with Crippen LogP contribution in [0.15, 0.2) is 60.7 Å². The summed E-state index contributed by atoms with van der Waals surface area (Å²) in [5.74, 6) is 0.161. The molecule has 1 saturated heterocycles. The summed E-state index contributed by atoms with van der Waals surface area (Å²) in [6.07, 6.45) is 2.70. The largest absolute Gasteiger partial charge is 0.392 e. The molecule has 3 atom stereocenters. The van der Waals surface area contributed by atoms with Gasteiger partial charge in [-0.2, -0.15) is 0 Å². The minimum absolute atomic E-state index is 0.161. The van der Waals surface area contributed by atoms with Crippen LogP contribution in [0.5, 0.6) is 0 Å². The van der Waals surface area contributed by atoms with Crippen LogP contribution < -0.4 is 5.32 Å². The van der Waals surface area contributed by atoms with E-state index in [-0.39, 0.29) is 12.0 Å². The highest BCUT2D eigenvalue weighted by Gasteiger charge is 2.31. The van der Waals surface area contributed by atoms with Crippen LogP contribution in [0.1, 0.15) is 29.9 Å². The van der Waals surface area contributed by atoms with Crippen molar-refractivity contribution < 1.29 is 5.11 Å². The molecule has 2 nitrogen and oxygen atoms in total. The van der Waals surface area contributed by atoms with Crippen LogP contribution in [0, 0.1) is 0 Å². The third-order valence-corrected chi connectivity index (χ3v) is 4.42. The van der Waals surface area contributed by atoms with Crippen molar-refractivity contribution in [1.29, 1.82) is 0 Å². The highest BCUT2D eigenvalue weighted by atomic mass is 16.3. The molecule has 0 aromatic heterocycles. The van der Waals surface area contributed by atoms with E-state index in [1.54, 1.807) is 0 Å². The van der Waals surface area contributed by atoms with E-state index >= 15 is 0 Å². The molecule has 1 heterocycles. The molecular formula is C19H23NO. The number of nitrogens with one attached hydrogen (secondary N) is 1. The quantitative estimate of drug-likeness (QED) is 0.882. The van der Waals surface area contributed by atoms with Crippen LogP contribution in [0.25, 0.3) is 0 Å². The monoisotopic (exact) mass is 281 g/mol. The molecule has 110 valence electrons. The Balaban J connectivity index is 1.81. The van der Waals surface area contributed by atoms with E-state index in [0.29, 0.717) is 12.5 Å². The Morgan fingerprint density at radius 2 is 1.67 bits per heavy atom. The molecule has 0 radical (unpaired) electrons. The zero-order chi connectivity index (χ0) is 14.5. The Morgan fingerprint density at radius 3 is 2.29 bits per heavy atom. The van der Waals surface area contributed by atoms with Gasteiger partial charge in [0.2, 0.25) is 0 Å². The normalized spacial score (nSPS) is 21.1. The summed E-state index contributed by atoms with van der Waals surface area (Å²) in [6, 6.07) is 21.1. The Hall–Kier alpha value is -1.64. The second-order valence-electron chi connectivity index (χ2n) is 5.90. The van der Waals surface area contributed by atoms with Crippen molar-refractivity contribution in [2.24, 2.45) is 0 Å². The summed E-state index contributed by atoms with van der Waals surface area (Å²) in [6.45, 7) is 1.06. The van der Waals surface area contributed by atoms with Crippen LogP contribution in [-0.2, 0) is 6.42 Å². The van der Waals surface area contributed by atoms with E-state index < -0.39 is 0 Å². The Labute approximate surface area is 126 Å². The molecule has 2 aromatic carbocycles. The smallest absolute Gasteiger partial charge is 0.0663 e. The summed E-state index contributed by atoms with van der Waals surface area (Å²) in [5, 5.41) is 14.4. The lowest BCUT2D eigenvalue weighted by molar-refractivity contribution is 0.127. The molecule has 0 saturated carbocycles. The van der Waals surface area contributed by atoms with Gasteiger partial charge in [-0.3, -0.25) is 0 Å². The predicted octanol–water partition coefficient (Wildman–Crippen LogP) is 3.13. The number of aliphatic hydroxyl groups is 1. The van der Waals surface area contributed by atoms with Crippen LogP contribution in [0.4, 0.5) is 0 Å². The van der Waals surface area contributed by atoms with E-state index in [1.807, 2.05) is 24.3 Å². The van der Waals surface area contributed by atoms with Gasteiger partial charge >= 0.3 is 0 Å². The molecule has 3 rings (SSSR count). The van der Waals surface area contributed by atoms with E-state index in [4.69, 9.17) is 0 Å². The lowest BCUT2D eigenvalue weighted by Crippen LogP contribution is -2.37. The Morgan fingerprint density at radius 1 is 1.00 bits per heavy atom. The second kappa shape index (κ2) is 6.88. The lowest BCUT2D eigenvalue weighted by Gasteiger charge is -2.29. The minimum atomic E-state index is -0.356. The summed E-state index contributed by atoms with van der Waals surface area (Å²) < 4.78 is 0. The fourth-order valence-electron chi connectivity index (χ4n) is 3.40. The van der Waals surface area contributed by atoms with Gasteiger partial charge in [0.05, 0.1) is 6.10 Å². The van der Waals surface area contributed by atoms with Gasteiger partial charge in [0.25, 0.3) is 0 Å². The van der Waals surface area contributed by atoms with Crippen molar-refractivity contribution in [3.8, 4) is 0 Å². The molecule has 2 heteroatoms. The molecular weight excluding hydrogens is 258 g/mol. The zero-order valence-corrected chi connectivity index (χ0v) is 12.3. The number of hydrogen-bond donors (Lipinski definition) is 2. The first-order valence-corrected chi connectivity index (χ1v) is 7.85. The predicted molar refractivity (Wildman–Crippen MR) is 86.4 cm³/mol. The number of benzene rings is 2.